The Bertz CT molecular complexity index is 443. The maximum atomic E-state index is 3.90. The highest BCUT2D eigenvalue weighted by molar-refractivity contribution is 5.26. The second-order valence-electron chi connectivity index (χ2n) is 7.67. The smallest absolute Gasteiger partial charge is 0.0294 e. The molecule has 2 aliphatic rings. The molecule has 21 heavy (non-hydrogen) atoms. The first-order chi connectivity index (χ1) is 10.1. The van der Waals surface area contributed by atoms with Gasteiger partial charge in [0.25, 0.3) is 0 Å². The van der Waals surface area contributed by atoms with Gasteiger partial charge in [0.1, 0.15) is 0 Å². The number of hydrogen-bond acceptors (Lipinski definition) is 1. The normalized spacial score (nSPS) is 27.8. The first kappa shape index (κ1) is 15.1. The molecular formula is C20H31N. The van der Waals surface area contributed by atoms with Crippen LogP contribution in [-0.2, 0) is 0 Å². The second-order valence-corrected chi connectivity index (χ2v) is 7.67. The molecule has 0 saturated heterocycles. The number of rotatable bonds is 5. The maximum Gasteiger partial charge on any atom is 0.0294 e. The zero-order chi connectivity index (χ0) is 14.8. The molecule has 2 saturated carbocycles. The molecule has 0 heterocycles. The largest absolute Gasteiger partial charge is 0.307 e. The van der Waals surface area contributed by atoms with Crippen LogP contribution in [0.15, 0.2) is 24.3 Å². The molecule has 0 bridgehead atoms. The van der Waals surface area contributed by atoms with E-state index in [9.17, 15) is 0 Å². The molecule has 1 N–H and O–H groups in total. The Morgan fingerprint density at radius 2 is 1.52 bits per heavy atom. The number of hydrogen-bond donors (Lipinski definition) is 1. The van der Waals surface area contributed by atoms with Crippen molar-refractivity contribution in [2.75, 3.05) is 0 Å². The van der Waals surface area contributed by atoms with E-state index in [1.54, 1.807) is 0 Å². The fourth-order valence-corrected chi connectivity index (χ4v) is 3.99. The van der Waals surface area contributed by atoms with E-state index in [-0.39, 0.29) is 0 Å². The summed E-state index contributed by atoms with van der Waals surface area (Å²) < 4.78 is 0. The summed E-state index contributed by atoms with van der Waals surface area (Å²) in [5, 5.41) is 3.90. The van der Waals surface area contributed by atoms with E-state index in [4.69, 9.17) is 0 Å². The van der Waals surface area contributed by atoms with Crippen LogP contribution < -0.4 is 5.32 Å². The summed E-state index contributed by atoms with van der Waals surface area (Å²) in [4.78, 5) is 0. The standard InChI is InChI=1S/C20H31N/c1-14(2)16-7-9-17(10-8-16)15(3)21-20-6-4-5-19(13-20)18-11-12-18/h7-10,14-15,18-21H,4-6,11-13H2,1-3H3. The third kappa shape index (κ3) is 3.88. The van der Waals surface area contributed by atoms with Crippen LogP contribution in [0.3, 0.4) is 0 Å². The second kappa shape index (κ2) is 6.52. The summed E-state index contributed by atoms with van der Waals surface area (Å²) in [6.07, 6.45) is 8.71. The van der Waals surface area contributed by atoms with Crippen molar-refractivity contribution in [1.29, 1.82) is 0 Å². The monoisotopic (exact) mass is 285 g/mol. The molecule has 0 aromatic heterocycles. The van der Waals surface area contributed by atoms with Crippen LogP contribution in [0.2, 0.25) is 0 Å². The molecule has 1 aromatic carbocycles. The zero-order valence-electron chi connectivity index (χ0n) is 13.9. The predicted molar refractivity (Wildman–Crippen MR) is 90.6 cm³/mol. The highest BCUT2D eigenvalue weighted by Gasteiger charge is 2.34. The molecule has 0 amide bonds. The highest BCUT2D eigenvalue weighted by atomic mass is 14.9. The van der Waals surface area contributed by atoms with Gasteiger partial charge in [0, 0.05) is 12.1 Å². The van der Waals surface area contributed by atoms with Gasteiger partial charge in [-0.25, -0.2) is 0 Å². The van der Waals surface area contributed by atoms with Crippen LogP contribution >= 0.6 is 0 Å². The predicted octanol–water partition coefficient (Wildman–Crippen LogP) is 5.43. The van der Waals surface area contributed by atoms with E-state index in [2.05, 4.69) is 50.4 Å². The van der Waals surface area contributed by atoms with Crippen molar-refractivity contribution in [1.82, 2.24) is 5.32 Å². The minimum atomic E-state index is 0.481. The lowest BCUT2D eigenvalue weighted by Crippen LogP contribution is -2.36. The van der Waals surface area contributed by atoms with E-state index in [1.165, 1.54) is 49.7 Å². The van der Waals surface area contributed by atoms with Gasteiger partial charge < -0.3 is 5.32 Å². The molecule has 3 unspecified atom stereocenters. The van der Waals surface area contributed by atoms with Crippen molar-refractivity contribution in [3.63, 3.8) is 0 Å². The van der Waals surface area contributed by atoms with Crippen molar-refractivity contribution in [2.45, 2.75) is 77.3 Å². The van der Waals surface area contributed by atoms with Gasteiger partial charge in [0.15, 0.2) is 0 Å². The van der Waals surface area contributed by atoms with Gasteiger partial charge in [-0.05, 0) is 61.5 Å². The van der Waals surface area contributed by atoms with Gasteiger partial charge in [-0.3, -0.25) is 0 Å². The Morgan fingerprint density at radius 3 is 2.14 bits per heavy atom. The van der Waals surface area contributed by atoms with E-state index in [0.29, 0.717) is 12.0 Å². The summed E-state index contributed by atoms with van der Waals surface area (Å²) in [6, 6.07) is 10.4. The Kier molecular flexibility index (Phi) is 4.69. The van der Waals surface area contributed by atoms with Gasteiger partial charge in [-0.2, -0.15) is 0 Å². The quantitative estimate of drug-likeness (QED) is 0.760. The van der Waals surface area contributed by atoms with E-state index in [1.807, 2.05) is 0 Å². The minimum absolute atomic E-state index is 0.481. The molecule has 0 aliphatic heterocycles. The summed E-state index contributed by atoms with van der Waals surface area (Å²) in [5.41, 5.74) is 2.88. The average molecular weight is 285 g/mol. The van der Waals surface area contributed by atoms with Crippen LogP contribution in [0.25, 0.3) is 0 Å². The molecule has 3 rings (SSSR count). The van der Waals surface area contributed by atoms with Gasteiger partial charge >= 0.3 is 0 Å². The Balaban J connectivity index is 1.56. The van der Waals surface area contributed by atoms with Gasteiger partial charge in [0.05, 0.1) is 0 Å². The topological polar surface area (TPSA) is 12.0 Å². The SMILES string of the molecule is CC(C)c1ccc(C(C)NC2CCCC(C3CC3)C2)cc1. The summed E-state index contributed by atoms with van der Waals surface area (Å²) in [6.45, 7) is 6.85. The van der Waals surface area contributed by atoms with Crippen molar-refractivity contribution < 1.29 is 0 Å². The first-order valence-electron chi connectivity index (χ1n) is 8.99. The summed E-state index contributed by atoms with van der Waals surface area (Å²) in [5.74, 6) is 2.72. The first-order valence-corrected chi connectivity index (χ1v) is 8.99. The van der Waals surface area contributed by atoms with Crippen molar-refractivity contribution in [3.8, 4) is 0 Å². The molecule has 2 aliphatic carbocycles. The van der Waals surface area contributed by atoms with Crippen molar-refractivity contribution in [2.24, 2.45) is 11.8 Å². The molecule has 0 spiro atoms. The Labute approximate surface area is 130 Å². The fraction of sp³-hybridized carbons (Fsp3) is 0.700. The molecule has 1 nitrogen and oxygen atoms in total. The number of benzene rings is 1. The van der Waals surface area contributed by atoms with E-state index in [0.717, 1.165) is 17.9 Å². The highest BCUT2D eigenvalue weighted by Crippen LogP contribution is 2.44. The van der Waals surface area contributed by atoms with E-state index < -0.39 is 0 Å². The average Bonchev–Trinajstić information content (AvgIpc) is 3.32. The minimum Gasteiger partial charge on any atom is -0.307 e. The molecule has 2 fully saturated rings. The van der Waals surface area contributed by atoms with Crippen LogP contribution in [-0.4, -0.2) is 6.04 Å². The van der Waals surface area contributed by atoms with E-state index >= 15 is 0 Å². The zero-order valence-corrected chi connectivity index (χ0v) is 13.9. The van der Waals surface area contributed by atoms with Gasteiger partial charge in [-0.15, -0.1) is 0 Å². The van der Waals surface area contributed by atoms with Gasteiger partial charge in [-0.1, -0.05) is 51.0 Å². The lowest BCUT2D eigenvalue weighted by Gasteiger charge is -2.32. The van der Waals surface area contributed by atoms with Crippen LogP contribution in [0.4, 0.5) is 0 Å². The van der Waals surface area contributed by atoms with Crippen LogP contribution in [0.5, 0.6) is 0 Å². The molecule has 116 valence electrons. The third-order valence-electron chi connectivity index (χ3n) is 5.59. The Morgan fingerprint density at radius 1 is 0.857 bits per heavy atom. The Hall–Kier alpha value is -0.820. The third-order valence-corrected chi connectivity index (χ3v) is 5.59. The lowest BCUT2D eigenvalue weighted by molar-refractivity contribution is 0.249. The molecular weight excluding hydrogens is 254 g/mol. The molecule has 3 atom stereocenters. The molecule has 0 radical (unpaired) electrons. The molecule has 1 heteroatoms. The maximum absolute atomic E-state index is 3.90. The van der Waals surface area contributed by atoms with Crippen LogP contribution in [0, 0.1) is 11.8 Å². The number of nitrogens with one attached hydrogen (secondary N) is 1. The van der Waals surface area contributed by atoms with Crippen LogP contribution in [0.1, 0.15) is 82.4 Å². The van der Waals surface area contributed by atoms with Crippen molar-refractivity contribution >= 4 is 0 Å². The molecule has 1 aromatic rings. The fourth-order valence-electron chi connectivity index (χ4n) is 3.99. The van der Waals surface area contributed by atoms with Crippen molar-refractivity contribution in [3.05, 3.63) is 35.4 Å². The summed E-state index contributed by atoms with van der Waals surface area (Å²) in [7, 11) is 0. The lowest BCUT2D eigenvalue weighted by atomic mass is 9.82. The van der Waals surface area contributed by atoms with Gasteiger partial charge in [0.2, 0.25) is 0 Å². The summed E-state index contributed by atoms with van der Waals surface area (Å²) >= 11 is 0.